The van der Waals surface area contributed by atoms with Gasteiger partial charge in [0, 0.05) is 23.7 Å². The average molecular weight is 441 g/mol. The van der Waals surface area contributed by atoms with Crippen molar-refractivity contribution in [3.63, 3.8) is 0 Å². The molecule has 31 heavy (non-hydrogen) atoms. The number of aliphatic hydroxyl groups is 1. The Balaban J connectivity index is 1.63. The standard InChI is InChI=1S/C23H21ClN2O5/c1-12-9-15-14(11-26(25-15)13-7-5-4-6-8-13)21(27)23(12)22(28)18-16(29-2)10-17(30-3)19(24)20(18)31-23/h4-8,10-12,21,27H,9H2,1-3H3/t12-,21?,23+/m1/s1. The zero-order valence-corrected chi connectivity index (χ0v) is 18.0. The Morgan fingerprint density at radius 3 is 2.61 bits per heavy atom. The number of aliphatic hydroxyl groups excluding tert-OH is 1. The fourth-order valence-corrected chi connectivity index (χ4v) is 4.85. The van der Waals surface area contributed by atoms with Crippen molar-refractivity contribution in [2.45, 2.75) is 25.0 Å². The smallest absolute Gasteiger partial charge is 0.217 e. The Kier molecular flexibility index (Phi) is 4.50. The molecule has 0 fully saturated rings. The van der Waals surface area contributed by atoms with Gasteiger partial charge in [-0.05, 0) is 18.6 Å². The predicted molar refractivity (Wildman–Crippen MR) is 114 cm³/mol. The Labute approximate surface area is 184 Å². The number of aromatic nitrogens is 2. The molecule has 0 amide bonds. The number of carbonyl (C=O) groups is 1. The SMILES string of the molecule is COc1cc(OC)c2c(c1Cl)O[C@]1(C2=O)C(O)c2cn(-c3ccccc3)nc2C[C@H]1C. The Hall–Kier alpha value is -3.03. The normalized spacial score (nSPS) is 24.0. The maximum atomic E-state index is 13.7. The maximum Gasteiger partial charge on any atom is 0.217 e. The molecule has 3 atom stereocenters. The van der Waals surface area contributed by atoms with E-state index in [1.807, 2.05) is 37.3 Å². The van der Waals surface area contributed by atoms with Gasteiger partial charge in [0.25, 0.3) is 0 Å². The van der Waals surface area contributed by atoms with Crippen molar-refractivity contribution in [2.75, 3.05) is 14.2 Å². The van der Waals surface area contributed by atoms with Crippen LogP contribution in [0.3, 0.4) is 0 Å². The van der Waals surface area contributed by atoms with Crippen LogP contribution in [0.1, 0.15) is 34.6 Å². The number of hydrogen-bond donors (Lipinski definition) is 1. The lowest BCUT2D eigenvalue weighted by Crippen LogP contribution is -2.54. The number of ether oxygens (including phenoxy) is 3. The molecule has 1 aromatic heterocycles. The Morgan fingerprint density at radius 2 is 1.94 bits per heavy atom. The van der Waals surface area contributed by atoms with E-state index in [2.05, 4.69) is 5.10 Å². The highest BCUT2D eigenvalue weighted by Crippen LogP contribution is 2.56. The number of methoxy groups -OCH3 is 2. The molecular formula is C23H21ClN2O5. The van der Waals surface area contributed by atoms with Crippen LogP contribution in [0.5, 0.6) is 17.2 Å². The third kappa shape index (κ3) is 2.63. The summed E-state index contributed by atoms with van der Waals surface area (Å²) in [5.41, 5.74) is 0.853. The number of Topliss-reactive ketones (excluding diaryl/α,β-unsaturated/α-hetero) is 1. The van der Waals surface area contributed by atoms with Crippen LogP contribution in [0.15, 0.2) is 42.6 Å². The second-order valence-corrected chi connectivity index (χ2v) is 8.22. The molecular weight excluding hydrogens is 420 g/mol. The summed E-state index contributed by atoms with van der Waals surface area (Å²) in [7, 11) is 2.94. The summed E-state index contributed by atoms with van der Waals surface area (Å²) in [5.74, 6) is 0.0800. The number of hydrogen-bond acceptors (Lipinski definition) is 6. The number of benzene rings is 2. The summed E-state index contributed by atoms with van der Waals surface area (Å²) in [6.07, 6.45) is 0.987. The number of carbonyl (C=O) groups excluding carboxylic acids is 1. The van der Waals surface area contributed by atoms with E-state index in [-0.39, 0.29) is 28.0 Å². The number of rotatable bonds is 3. The van der Waals surface area contributed by atoms with E-state index in [1.54, 1.807) is 16.9 Å². The van der Waals surface area contributed by atoms with Crippen LogP contribution in [-0.4, -0.2) is 40.5 Å². The van der Waals surface area contributed by atoms with Gasteiger partial charge in [-0.1, -0.05) is 36.7 Å². The molecule has 0 radical (unpaired) electrons. The van der Waals surface area contributed by atoms with Crippen molar-refractivity contribution in [2.24, 2.45) is 5.92 Å². The van der Waals surface area contributed by atoms with Gasteiger partial charge in [0.05, 0.1) is 25.6 Å². The zero-order valence-electron chi connectivity index (χ0n) is 17.3. The van der Waals surface area contributed by atoms with Crippen LogP contribution < -0.4 is 14.2 Å². The van der Waals surface area contributed by atoms with Crippen molar-refractivity contribution < 1.29 is 24.1 Å². The second kappa shape index (κ2) is 7.00. The first-order valence-electron chi connectivity index (χ1n) is 9.92. The lowest BCUT2D eigenvalue weighted by Gasteiger charge is -2.40. The minimum atomic E-state index is -1.52. The van der Waals surface area contributed by atoms with Crippen LogP contribution in [0.4, 0.5) is 0 Å². The molecule has 8 heteroatoms. The van der Waals surface area contributed by atoms with Crippen LogP contribution >= 0.6 is 11.6 Å². The summed E-state index contributed by atoms with van der Waals surface area (Å²) < 4.78 is 18.7. The van der Waals surface area contributed by atoms with Gasteiger partial charge in [0.1, 0.15) is 28.2 Å². The van der Waals surface area contributed by atoms with Crippen molar-refractivity contribution in [3.05, 3.63) is 64.4 Å². The first-order valence-corrected chi connectivity index (χ1v) is 10.3. The average Bonchev–Trinajstić information content (AvgIpc) is 3.34. The van der Waals surface area contributed by atoms with Gasteiger partial charge in [-0.25, -0.2) is 4.68 Å². The highest BCUT2D eigenvalue weighted by atomic mass is 35.5. The molecule has 1 N–H and O–H groups in total. The summed E-state index contributed by atoms with van der Waals surface area (Å²) in [5, 5.41) is 16.3. The van der Waals surface area contributed by atoms with Crippen LogP contribution in [0, 0.1) is 5.92 Å². The van der Waals surface area contributed by atoms with Gasteiger partial charge in [0.15, 0.2) is 5.75 Å². The highest BCUT2D eigenvalue weighted by Gasteiger charge is 2.61. The Bertz CT molecular complexity index is 1190. The monoisotopic (exact) mass is 440 g/mol. The lowest BCUT2D eigenvalue weighted by atomic mass is 9.70. The first kappa shape index (κ1) is 19.9. The molecule has 1 spiro atoms. The Morgan fingerprint density at radius 1 is 1.23 bits per heavy atom. The van der Waals surface area contributed by atoms with Crippen molar-refractivity contribution >= 4 is 17.4 Å². The molecule has 5 rings (SSSR count). The molecule has 7 nitrogen and oxygen atoms in total. The van der Waals surface area contributed by atoms with E-state index in [0.29, 0.717) is 23.5 Å². The van der Waals surface area contributed by atoms with E-state index < -0.39 is 11.7 Å². The van der Waals surface area contributed by atoms with Gasteiger partial charge in [0.2, 0.25) is 11.4 Å². The molecule has 3 aromatic rings. The van der Waals surface area contributed by atoms with Gasteiger partial charge in [-0.15, -0.1) is 0 Å². The van der Waals surface area contributed by atoms with Crippen molar-refractivity contribution in [1.82, 2.24) is 9.78 Å². The quantitative estimate of drug-likeness (QED) is 0.667. The van der Waals surface area contributed by atoms with Gasteiger partial charge < -0.3 is 19.3 Å². The first-order chi connectivity index (χ1) is 14.9. The number of para-hydroxylation sites is 1. The fraction of sp³-hybridized carbons (Fsp3) is 0.304. The van der Waals surface area contributed by atoms with E-state index >= 15 is 0 Å². The molecule has 2 aromatic carbocycles. The molecule has 0 saturated carbocycles. The van der Waals surface area contributed by atoms with E-state index in [4.69, 9.17) is 25.8 Å². The van der Waals surface area contributed by atoms with Crippen molar-refractivity contribution in [3.8, 4) is 22.9 Å². The molecule has 160 valence electrons. The van der Waals surface area contributed by atoms with Crippen molar-refractivity contribution in [1.29, 1.82) is 0 Å². The molecule has 0 bridgehead atoms. The van der Waals surface area contributed by atoms with Gasteiger partial charge in [-0.2, -0.15) is 5.10 Å². The predicted octanol–water partition coefficient (Wildman–Crippen LogP) is 3.78. The molecule has 0 saturated heterocycles. The minimum absolute atomic E-state index is 0.174. The summed E-state index contributed by atoms with van der Waals surface area (Å²) in [6, 6.07) is 11.2. The van der Waals surface area contributed by atoms with Gasteiger partial charge in [-0.3, -0.25) is 4.79 Å². The summed E-state index contributed by atoms with van der Waals surface area (Å²) in [4.78, 5) is 13.7. The van der Waals surface area contributed by atoms with E-state index in [1.165, 1.54) is 14.2 Å². The second-order valence-electron chi connectivity index (χ2n) is 7.84. The van der Waals surface area contributed by atoms with Crippen LogP contribution in [-0.2, 0) is 6.42 Å². The number of ketones is 1. The molecule has 2 aliphatic rings. The third-order valence-corrected chi connectivity index (χ3v) is 6.58. The minimum Gasteiger partial charge on any atom is -0.496 e. The lowest BCUT2D eigenvalue weighted by molar-refractivity contribution is -0.0637. The van der Waals surface area contributed by atoms with Crippen LogP contribution in [0.2, 0.25) is 5.02 Å². The molecule has 1 aliphatic carbocycles. The fourth-order valence-electron chi connectivity index (χ4n) is 4.59. The molecule has 1 unspecified atom stereocenters. The third-order valence-electron chi connectivity index (χ3n) is 6.22. The summed E-state index contributed by atoms with van der Waals surface area (Å²) >= 11 is 6.47. The maximum absolute atomic E-state index is 13.7. The number of nitrogens with zero attached hydrogens (tertiary/aromatic N) is 2. The zero-order chi connectivity index (χ0) is 21.9. The largest absolute Gasteiger partial charge is 0.496 e. The molecule has 1 aliphatic heterocycles. The number of fused-ring (bicyclic) bond motifs is 2. The van der Waals surface area contributed by atoms with Crippen LogP contribution in [0.25, 0.3) is 5.69 Å². The van der Waals surface area contributed by atoms with E-state index in [0.717, 1.165) is 11.4 Å². The van der Waals surface area contributed by atoms with E-state index in [9.17, 15) is 9.90 Å². The number of halogens is 1. The van der Waals surface area contributed by atoms with Gasteiger partial charge >= 0.3 is 0 Å². The summed E-state index contributed by atoms with van der Waals surface area (Å²) in [6.45, 7) is 1.87. The highest BCUT2D eigenvalue weighted by molar-refractivity contribution is 6.35. The topological polar surface area (TPSA) is 82.8 Å². The molecule has 2 heterocycles.